The molecule has 0 aliphatic carbocycles. The van der Waals surface area contributed by atoms with Crippen molar-refractivity contribution in [1.29, 1.82) is 0 Å². The van der Waals surface area contributed by atoms with E-state index in [1.807, 2.05) is 63.2 Å². The lowest BCUT2D eigenvalue weighted by atomic mass is 10.0. The Balaban J connectivity index is 1.72. The molecule has 0 aliphatic heterocycles. The van der Waals surface area contributed by atoms with E-state index in [0.717, 1.165) is 27.9 Å². The van der Waals surface area contributed by atoms with Crippen molar-refractivity contribution in [1.82, 2.24) is 10.3 Å². The third kappa shape index (κ3) is 4.62. The van der Waals surface area contributed by atoms with E-state index in [1.54, 1.807) is 18.2 Å². The fourth-order valence-corrected chi connectivity index (χ4v) is 3.11. The number of rotatable bonds is 5. The fourth-order valence-electron chi connectivity index (χ4n) is 3.11. The number of anilines is 1. The van der Waals surface area contributed by atoms with Gasteiger partial charge in [0.2, 0.25) is 0 Å². The number of aryl methyl sites for hydroxylation is 3. The minimum Gasteiger partial charge on any atom is -0.347 e. The van der Waals surface area contributed by atoms with Crippen molar-refractivity contribution in [3.8, 4) is 0 Å². The van der Waals surface area contributed by atoms with Gasteiger partial charge in [0.05, 0.1) is 0 Å². The van der Waals surface area contributed by atoms with Gasteiger partial charge in [0.1, 0.15) is 11.4 Å². The molecule has 2 aromatic carbocycles. The SMILES string of the molecule is Cc1cc(C)c(NC(=O)c2cccc(C(=O)NCc3ccccc3)n2)c(C)c1. The first kappa shape index (κ1) is 19.3. The van der Waals surface area contributed by atoms with E-state index in [1.165, 1.54) is 0 Å². The highest BCUT2D eigenvalue weighted by molar-refractivity contribution is 6.04. The van der Waals surface area contributed by atoms with E-state index in [4.69, 9.17) is 0 Å². The average molecular weight is 373 g/mol. The number of amides is 2. The fraction of sp³-hybridized carbons (Fsp3) is 0.174. The monoisotopic (exact) mass is 373 g/mol. The zero-order valence-electron chi connectivity index (χ0n) is 16.2. The number of nitrogens with one attached hydrogen (secondary N) is 2. The van der Waals surface area contributed by atoms with Gasteiger partial charge in [0, 0.05) is 12.2 Å². The summed E-state index contributed by atoms with van der Waals surface area (Å²) in [6.45, 7) is 6.33. The Morgan fingerprint density at radius 2 is 1.43 bits per heavy atom. The summed E-state index contributed by atoms with van der Waals surface area (Å²) in [6, 6.07) is 18.5. The zero-order valence-corrected chi connectivity index (χ0v) is 16.2. The van der Waals surface area contributed by atoms with Crippen LogP contribution in [0.15, 0.2) is 60.7 Å². The lowest BCUT2D eigenvalue weighted by molar-refractivity contribution is 0.0945. The summed E-state index contributed by atoms with van der Waals surface area (Å²) in [4.78, 5) is 29.3. The number of benzene rings is 2. The van der Waals surface area contributed by atoms with Crippen LogP contribution >= 0.6 is 0 Å². The lowest BCUT2D eigenvalue weighted by Gasteiger charge is -2.13. The minimum absolute atomic E-state index is 0.201. The topological polar surface area (TPSA) is 71.1 Å². The summed E-state index contributed by atoms with van der Waals surface area (Å²) in [5.74, 6) is -0.658. The van der Waals surface area contributed by atoms with Crippen LogP contribution in [0.2, 0.25) is 0 Å². The number of hydrogen-bond acceptors (Lipinski definition) is 3. The second-order valence-electron chi connectivity index (χ2n) is 6.80. The molecule has 0 spiro atoms. The summed E-state index contributed by atoms with van der Waals surface area (Å²) >= 11 is 0. The molecule has 5 nitrogen and oxygen atoms in total. The third-order valence-electron chi connectivity index (χ3n) is 4.43. The number of carbonyl (C=O) groups excluding carboxylic acids is 2. The Morgan fingerprint density at radius 1 is 0.821 bits per heavy atom. The molecule has 3 aromatic rings. The van der Waals surface area contributed by atoms with Gasteiger partial charge in [0.25, 0.3) is 11.8 Å². The first-order valence-corrected chi connectivity index (χ1v) is 9.12. The maximum absolute atomic E-state index is 12.7. The van der Waals surface area contributed by atoms with Gasteiger partial charge in [0.15, 0.2) is 0 Å². The quantitative estimate of drug-likeness (QED) is 0.704. The summed E-state index contributed by atoms with van der Waals surface area (Å²) in [7, 11) is 0. The highest BCUT2D eigenvalue weighted by Gasteiger charge is 2.14. The number of hydrogen-bond donors (Lipinski definition) is 2. The molecule has 0 aliphatic rings. The Kier molecular flexibility index (Phi) is 5.84. The molecule has 142 valence electrons. The van der Waals surface area contributed by atoms with Crippen molar-refractivity contribution in [2.45, 2.75) is 27.3 Å². The first-order chi connectivity index (χ1) is 13.4. The van der Waals surface area contributed by atoms with Gasteiger partial charge in [-0.05, 0) is 49.6 Å². The van der Waals surface area contributed by atoms with E-state index in [2.05, 4.69) is 15.6 Å². The lowest BCUT2D eigenvalue weighted by Crippen LogP contribution is -2.25. The van der Waals surface area contributed by atoms with Gasteiger partial charge in [-0.15, -0.1) is 0 Å². The predicted molar refractivity (Wildman–Crippen MR) is 110 cm³/mol. The largest absolute Gasteiger partial charge is 0.347 e. The summed E-state index contributed by atoms with van der Waals surface area (Å²) < 4.78 is 0. The van der Waals surface area contributed by atoms with Crippen LogP contribution in [0, 0.1) is 20.8 Å². The molecule has 2 amide bonds. The van der Waals surface area contributed by atoms with E-state index >= 15 is 0 Å². The van der Waals surface area contributed by atoms with Crippen LogP contribution in [0.1, 0.15) is 43.2 Å². The van der Waals surface area contributed by atoms with Gasteiger partial charge < -0.3 is 10.6 Å². The van der Waals surface area contributed by atoms with Crippen LogP contribution in [0.5, 0.6) is 0 Å². The molecular formula is C23H23N3O2. The standard InChI is InChI=1S/C23H23N3O2/c1-15-12-16(2)21(17(3)13-15)26-23(28)20-11-7-10-19(25-20)22(27)24-14-18-8-5-4-6-9-18/h4-13H,14H2,1-3H3,(H,24,27)(H,26,28). The molecule has 0 unspecified atom stereocenters. The van der Waals surface area contributed by atoms with Crippen molar-refractivity contribution >= 4 is 17.5 Å². The summed E-state index contributed by atoms with van der Waals surface area (Å²) in [5.41, 5.74) is 5.30. The molecular weight excluding hydrogens is 350 g/mol. The van der Waals surface area contributed by atoms with Gasteiger partial charge in [-0.25, -0.2) is 4.98 Å². The molecule has 0 bridgehead atoms. The molecule has 0 fully saturated rings. The molecule has 2 N–H and O–H groups in total. The van der Waals surface area contributed by atoms with Crippen LogP contribution in [-0.4, -0.2) is 16.8 Å². The van der Waals surface area contributed by atoms with Crippen LogP contribution in [-0.2, 0) is 6.54 Å². The molecule has 1 heterocycles. The molecule has 3 rings (SSSR count). The molecule has 0 atom stereocenters. The molecule has 0 radical (unpaired) electrons. The van der Waals surface area contributed by atoms with Gasteiger partial charge in [-0.3, -0.25) is 9.59 Å². The summed E-state index contributed by atoms with van der Waals surface area (Å²) in [5, 5.41) is 5.74. The molecule has 0 saturated heterocycles. The van der Waals surface area contributed by atoms with Crippen LogP contribution < -0.4 is 10.6 Å². The molecule has 5 heteroatoms. The van der Waals surface area contributed by atoms with Crippen molar-refractivity contribution in [3.05, 3.63) is 94.3 Å². The number of pyridine rings is 1. The van der Waals surface area contributed by atoms with Crippen molar-refractivity contribution < 1.29 is 9.59 Å². The molecule has 0 saturated carbocycles. The third-order valence-corrected chi connectivity index (χ3v) is 4.43. The van der Waals surface area contributed by atoms with E-state index in [0.29, 0.717) is 6.54 Å². The Bertz CT molecular complexity index is 990. The van der Waals surface area contributed by atoms with Crippen LogP contribution in [0.3, 0.4) is 0 Å². The Hall–Kier alpha value is -3.47. The Labute approximate surface area is 164 Å². The van der Waals surface area contributed by atoms with E-state index in [-0.39, 0.29) is 23.2 Å². The summed E-state index contributed by atoms with van der Waals surface area (Å²) in [6.07, 6.45) is 0. The van der Waals surface area contributed by atoms with Gasteiger partial charge >= 0.3 is 0 Å². The predicted octanol–water partition coefficient (Wildman–Crippen LogP) is 4.19. The smallest absolute Gasteiger partial charge is 0.274 e. The van der Waals surface area contributed by atoms with Crippen molar-refractivity contribution in [2.24, 2.45) is 0 Å². The van der Waals surface area contributed by atoms with Gasteiger partial charge in [-0.2, -0.15) is 0 Å². The van der Waals surface area contributed by atoms with Crippen molar-refractivity contribution in [2.75, 3.05) is 5.32 Å². The number of aromatic nitrogens is 1. The average Bonchev–Trinajstić information content (AvgIpc) is 2.69. The van der Waals surface area contributed by atoms with Crippen LogP contribution in [0.4, 0.5) is 5.69 Å². The number of nitrogens with zero attached hydrogens (tertiary/aromatic N) is 1. The minimum atomic E-state index is -0.340. The maximum atomic E-state index is 12.7. The molecule has 1 aromatic heterocycles. The van der Waals surface area contributed by atoms with E-state index in [9.17, 15) is 9.59 Å². The second-order valence-corrected chi connectivity index (χ2v) is 6.80. The van der Waals surface area contributed by atoms with Crippen LogP contribution in [0.25, 0.3) is 0 Å². The zero-order chi connectivity index (χ0) is 20.1. The second kappa shape index (κ2) is 8.48. The highest BCUT2D eigenvalue weighted by atomic mass is 16.2. The van der Waals surface area contributed by atoms with E-state index < -0.39 is 0 Å². The Morgan fingerprint density at radius 3 is 2.07 bits per heavy atom. The van der Waals surface area contributed by atoms with Gasteiger partial charge in [-0.1, -0.05) is 54.1 Å². The highest BCUT2D eigenvalue weighted by Crippen LogP contribution is 2.22. The van der Waals surface area contributed by atoms with Crippen molar-refractivity contribution in [3.63, 3.8) is 0 Å². The maximum Gasteiger partial charge on any atom is 0.274 e. The normalized spacial score (nSPS) is 10.4. The molecule has 28 heavy (non-hydrogen) atoms. The first-order valence-electron chi connectivity index (χ1n) is 9.12. The number of carbonyl (C=O) groups is 2.